The Morgan fingerprint density at radius 2 is 1.93 bits per heavy atom. The van der Waals surface area contributed by atoms with Crippen LogP contribution >= 0.6 is 0 Å². The predicted octanol–water partition coefficient (Wildman–Crippen LogP) is 3.60. The van der Waals surface area contributed by atoms with Crippen LogP contribution in [0, 0.1) is 0 Å². The van der Waals surface area contributed by atoms with Crippen LogP contribution < -0.4 is 0 Å². The number of rotatable bonds is 3. The number of aromatic nitrogens is 6. The Balaban J connectivity index is 1.67. The molecule has 5 heterocycles. The van der Waals surface area contributed by atoms with Gasteiger partial charge in [0.2, 0.25) is 0 Å². The summed E-state index contributed by atoms with van der Waals surface area (Å²) in [5.41, 5.74) is 2.30. The molecular weight excluding hydrogens is 385 g/mol. The number of halogens is 3. The molecule has 0 unspecified atom stereocenters. The van der Waals surface area contributed by atoms with Crippen molar-refractivity contribution in [3.05, 3.63) is 42.6 Å². The van der Waals surface area contributed by atoms with E-state index in [1.54, 1.807) is 15.3 Å². The second-order valence-corrected chi connectivity index (χ2v) is 7.02. The number of alkyl halides is 3. The molecule has 10 heteroatoms. The molecule has 4 aromatic rings. The normalized spacial score (nSPS) is 16.1. The minimum absolute atomic E-state index is 0.0364. The lowest BCUT2D eigenvalue weighted by Gasteiger charge is -2.25. The maximum absolute atomic E-state index is 13.2. The van der Waals surface area contributed by atoms with E-state index < -0.39 is 12.6 Å². The number of hydrogen-bond acceptors (Lipinski definition) is 5. The average molecular weight is 402 g/mol. The molecule has 0 atom stereocenters. The lowest BCUT2D eigenvalue weighted by molar-refractivity contribution is -0.129. The Labute approximate surface area is 163 Å². The van der Waals surface area contributed by atoms with Crippen molar-refractivity contribution in [2.75, 3.05) is 13.2 Å². The molecular formula is C19H17F3N6O. The number of imidazole rings is 1. The standard InChI is InChI=1S/C19H17F3N6O/c20-19(21,22)9-16-25-14-11-23-17(13-10-24-27-6-2-1-3-15(13)27)26-18(14)28(16)12-4-7-29-8-5-12/h1-3,6,10-12H,4-5,7-9H2. The third-order valence-corrected chi connectivity index (χ3v) is 5.09. The minimum atomic E-state index is -4.36. The summed E-state index contributed by atoms with van der Waals surface area (Å²) in [5.74, 6) is 0.371. The summed E-state index contributed by atoms with van der Waals surface area (Å²) in [5, 5.41) is 4.29. The SMILES string of the molecule is FC(F)(F)Cc1nc2cnc(-c3cnn4ccccc34)nc2n1C1CCOCC1. The van der Waals surface area contributed by atoms with Crippen LogP contribution in [-0.2, 0) is 11.2 Å². The van der Waals surface area contributed by atoms with Gasteiger partial charge in [0, 0.05) is 25.5 Å². The molecule has 1 aliphatic heterocycles. The highest BCUT2D eigenvalue weighted by Crippen LogP contribution is 2.31. The Hall–Kier alpha value is -3.01. The van der Waals surface area contributed by atoms with E-state index in [9.17, 15) is 13.2 Å². The molecule has 5 rings (SSSR count). The van der Waals surface area contributed by atoms with Gasteiger partial charge in [-0.15, -0.1) is 0 Å². The Bertz CT molecular complexity index is 1180. The van der Waals surface area contributed by atoms with Gasteiger partial charge in [0.05, 0.1) is 23.5 Å². The molecule has 1 aliphatic rings. The topological polar surface area (TPSA) is 70.1 Å². The van der Waals surface area contributed by atoms with Crippen molar-refractivity contribution in [1.29, 1.82) is 0 Å². The van der Waals surface area contributed by atoms with Crippen molar-refractivity contribution in [2.24, 2.45) is 0 Å². The van der Waals surface area contributed by atoms with E-state index in [-0.39, 0.29) is 11.9 Å². The van der Waals surface area contributed by atoms with E-state index >= 15 is 0 Å². The van der Waals surface area contributed by atoms with Crippen molar-refractivity contribution in [3.63, 3.8) is 0 Å². The first-order valence-electron chi connectivity index (χ1n) is 9.31. The first kappa shape index (κ1) is 18.0. The lowest BCUT2D eigenvalue weighted by Crippen LogP contribution is -2.24. The minimum Gasteiger partial charge on any atom is -0.381 e. The van der Waals surface area contributed by atoms with Crippen LogP contribution in [0.3, 0.4) is 0 Å². The molecule has 150 valence electrons. The fourth-order valence-corrected chi connectivity index (χ4v) is 3.81. The van der Waals surface area contributed by atoms with Crippen molar-refractivity contribution < 1.29 is 17.9 Å². The zero-order chi connectivity index (χ0) is 20.0. The number of nitrogens with zero attached hydrogens (tertiary/aromatic N) is 6. The lowest BCUT2D eigenvalue weighted by atomic mass is 10.1. The second-order valence-electron chi connectivity index (χ2n) is 7.02. The molecule has 1 fully saturated rings. The van der Waals surface area contributed by atoms with Crippen LogP contribution in [0.2, 0.25) is 0 Å². The number of ether oxygens (including phenoxy) is 1. The second kappa shape index (κ2) is 6.80. The molecule has 0 N–H and O–H groups in total. The Kier molecular flexibility index (Phi) is 4.23. The Morgan fingerprint density at radius 3 is 2.72 bits per heavy atom. The molecule has 0 saturated carbocycles. The molecule has 0 aliphatic carbocycles. The molecule has 0 amide bonds. The summed E-state index contributed by atoms with van der Waals surface area (Å²) in [7, 11) is 0. The zero-order valence-corrected chi connectivity index (χ0v) is 15.3. The molecule has 0 radical (unpaired) electrons. The summed E-state index contributed by atoms with van der Waals surface area (Å²) >= 11 is 0. The van der Waals surface area contributed by atoms with Gasteiger partial charge in [-0.2, -0.15) is 18.3 Å². The summed E-state index contributed by atoms with van der Waals surface area (Å²) in [6.45, 7) is 1.00. The van der Waals surface area contributed by atoms with Crippen molar-refractivity contribution >= 4 is 16.7 Å². The number of hydrogen-bond donors (Lipinski definition) is 0. The Morgan fingerprint density at radius 1 is 1.10 bits per heavy atom. The van der Waals surface area contributed by atoms with Crippen LogP contribution in [0.25, 0.3) is 28.1 Å². The highest BCUT2D eigenvalue weighted by molar-refractivity contribution is 5.79. The van der Waals surface area contributed by atoms with E-state index in [1.165, 1.54) is 6.20 Å². The maximum atomic E-state index is 13.2. The monoisotopic (exact) mass is 402 g/mol. The quantitative estimate of drug-likeness (QED) is 0.524. The van der Waals surface area contributed by atoms with E-state index in [0.29, 0.717) is 48.6 Å². The van der Waals surface area contributed by atoms with Gasteiger partial charge < -0.3 is 9.30 Å². The predicted molar refractivity (Wildman–Crippen MR) is 98.4 cm³/mol. The average Bonchev–Trinajstić information content (AvgIpc) is 3.27. The van der Waals surface area contributed by atoms with Gasteiger partial charge in [0.25, 0.3) is 0 Å². The van der Waals surface area contributed by atoms with Crippen molar-refractivity contribution in [1.82, 2.24) is 29.1 Å². The highest BCUT2D eigenvalue weighted by atomic mass is 19.4. The number of pyridine rings is 1. The molecule has 7 nitrogen and oxygen atoms in total. The van der Waals surface area contributed by atoms with Gasteiger partial charge in [-0.1, -0.05) is 6.07 Å². The molecule has 1 saturated heterocycles. The smallest absolute Gasteiger partial charge is 0.381 e. The van der Waals surface area contributed by atoms with E-state index in [4.69, 9.17) is 4.74 Å². The summed E-state index contributed by atoms with van der Waals surface area (Å²) in [4.78, 5) is 13.2. The zero-order valence-electron chi connectivity index (χ0n) is 15.3. The maximum Gasteiger partial charge on any atom is 0.396 e. The van der Waals surface area contributed by atoms with Crippen LogP contribution in [-0.4, -0.2) is 48.5 Å². The van der Waals surface area contributed by atoms with Gasteiger partial charge in [0.1, 0.15) is 17.8 Å². The summed E-state index contributed by atoms with van der Waals surface area (Å²) < 4.78 is 48.2. The van der Waals surface area contributed by atoms with Gasteiger partial charge in [-0.3, -0.25) is 0 Å². The third-order valence-electron chi connectivity index (χ3n) is 5.09. The van der Waals surface area contributed by atoms with Crippen LogP contribution in [0.1, 0.15) is 24.7 Å². The largest absolute Gasteiger partial charge is 0.396 e. The summed E-state index contributed by atoms with van der Waals surface area (Å²) in [6.07, 6.45) is 0.724. The number of fused-ring (bicyclic) bond motifs is 2. The van der Waals surface area contributed by atoms with Gasteiger partial charge >= 0.3 is 6.18 Å². The van der Waals surface area contributed by atoms with Crippen molar-refractivity contribution in [3.8, 4) is 11.4 Å². The molecule has 0 spiro atoms. The molecule has 4 aromatic heterocycles. The van der Waals surface area contributed by atoms with Crippen LogP contribution in [0.5, 0.6) is 0 Å². The molecule has 0 bridgehead atoms. The fraction of sp³-hybridized carbons (Fsp3) is 0.368. The third kappa shape index (κ3) is 3.33. The van der Waals surface area contributed by atoms with E-state index in [1.807, 2.05) is 24.4 Å². The first-order valence-corrected chi connectivity index (χ1v) is 9.31. The van der Waals surface area contributed by atoms with E-state index in [2.05, 4.69) is 20.1 Å². The van der Waals surface area contributed by atoms with Crippen molar-refractivity contribution in [2.45, 2.75) is 31.5 Å². The highest BCUT2D eigenvalue weighted by Gasteiger charge is 2.33. The van der Waals surface area contributed by atoms with E-state index in [0.717, 1.165) is 5.52 Å². The van der Waals surface area contributed by atoms with Crippen LogP contribution in [0.4, 0.5) is 13.2 Å². The fourth-order valence-electron chi connectivity index (χ4n) is 3.81. The first-order chi connectivity index (χ1) is 14.0. The van der Waals surface area contributed by atoms with Gasteiger partial charge in [-0.05, 0) is 25.0 Å². The molecule has 29 heavy (non-hydrogen) atoms. The van der Waals surface area contributed by atoms with Crippen LogP contribution in [0.15, 0.2) is 36.8 Å². The molecule has 0 aromatic carbocycles. The summed E-state index contributed by atoms with van der Waals surface area (Å²) in [6, 6.07) is 5.49. The van der Waals surface area contributed by atoms with Gasteiger partial charge in [0.15, 0.2) is 11.5 Å². The van der Waals surface area contributed by atoms with Gasteiger partial charge in [-0.25, -0.2) is 19.5 Å².